The minimum Gasteiger partial charge on any atom is -0.379 e. The minimum atomic E-state index is -0.0858. The third-order valence-corrected chi connectivity index (χ3v) is 4.26. The second kappa shape index (κ2) is 7.92. The summed E-state index contributed by atoms with van der Waals surface area (Å²) >= 11 is 3.43. The standard InChI is InChI=1S/C16H23BrN2O2/c1-3-18-15-10-21-9-14(15)16(20)19-11(2)8-12-4-6-13(17)7-5-12/h4-7,11,14-15,18H,3,8-10H2,1-2H3,(H,19,20). The van der Waals surface area contributed by atoms with Gasteiger partial charge in [-0.05, 0) is 37.6 Å². The third kappa shape index (κ3) is 4.80. The van der Waals surface area contributed by atoms with Crippen molar-refractivity contribution < 1.29 is 9.53 Å². The smallest absolute Gasteiger partial charge is 0.227 e. The molecule has 116 valence electrons. The van der Waals surface area contributed by atoms with Gasteiger partial charge in [-0.3, -0.25) is 4.79 Å². The van der Waals surface area contributed by atoms with Crippen molar-refractivity contribution in [3.63, 3.8) is 0 Å². The Bertz CT molecular complexity index is 464. The predicted octanol–water partition coefficient (Wildman–Crippen LogP) is 2.12. The maximum Gasteiger partial charge on any atom is 0.227 e. The molecular formula is C16H23BrN2O2. The van der Waals surface area contributed by atoms with Crippen molar-refractivity contribution in [1.82, 2.24) is 10.6 Å². The van der Waals surface area contributed by atoms with Crippen molar-refractivity contribution in [2.45, 2.75) is 32.4 Å². The molecule has 5 heteroatoms. The number of hydrogen-bond acceptors (Lipinski definition) is 3. The fourth-order valence-corrected chi connectivity index (χ4v) is 2.92. The van der Waals surface area contributed by atoms with Gasteiger partial charge in [-0.15, -0.1) is 0 Å². The number of halogens is 1. The van der Waals surface area contributed by atoms with Gasteiger partial charge in [-0.25, -0.2) is 0 Å². The molecular weight excluding hydrogens is 332 g/mol. The maximum atomic E-state index is 12.3. The summed E-state index contributed by atoms with van der Waals surface area (Å²) in [6.45, 7) is 6.06. The highest BCUT2D eigenvalue weighted by Gasteiger charge is 2.33. The zero-order valence-electron chi connectivity index (χ0n) is 12.6. The molecule has 4 nitrogen and oxygen atoms in total. The van der Waals surface area contributed by atoms with Crippen molar-refractivity contribution in [3.05, 3.63) is 34.3 Å². The molecule has 0 saturated carbocycles. The SMILES string of the molecule is CCNC1COCC1C(=O)NC(C)Cc1ccc(Br)cc1. The van der Waals surface area contributed by atoms with Crippen LogP contribution in [-0.4, -0.2) is 37.7 Å². The number of rotatable bonds is 6. The van der Waals surface area contributed by atoms with E-state index in [1.807, 2.05) is 26.0 Å². The summed E-state index contributed by atoms with van der Waals surface area (Å²) in [6, 6.07) is 8.45. The van der Waals surface area contributed by atoms with Gasteiger partial charge in [0.05, 0.1) is 19.1 Å². The molecule has 1 amide bonds. The Kier molecular flexibility index (Phi) is 6.21. The van der Waals surface area contributed by atoms with Crippen molar-refractivity contribution >= 4 is 21.8 Å². The van der Waals surface area contributed by atoms with E-state index >= 15 is 0 Å². The Hall–Kier alpha value is -0.910. The van der Waals surface area contributed by atoms with Gasteiger partial charge >= 0.3 is 0 Å². The van der Waals surface area contributed by atoms with Crippen LogP contribution in [0.5, 0.6) is 0 Å². The summed E-state index contributed by atoms with van der Waals surface area (Å²) < 4.78 is 6.50. The van der Waals surface area contributed by atoms with Gasteiger partial charge in [0.25, 0.3) is 0 Å². The molecule has 1 aromatic rings. The summed E-state index contributed by atoms with van der Waals surface area (Å²) in [5.74, 6) is 0.000351. The molecule has 0 spiro atoms. The van der Waals surface area contributed by atoms with Crippen LogP contribution >= 0.6 is 15.9 Å². The normalized spacial score (nSPS) is 23.0. The fraction of sp³-hybridized carbons (Fsp3) is 0.562. The van der Waals surface area contributed by atoms with E-state index in [4.69, 9.17) is 4.74 Å². The zero-order chi connectivity index (χ0) is 15.2. The largest absolute Gasteiger partial charge is 0.379 e. The first-order valence-corrected chi connectivity index (χ1v) is 8.25. The average molecular weight is 355 g/mol. The van der Waals surface area contributed by atoms with E-state index < -0.39 is 0 Å². The van der Waals surface area contributed by atoms with Gasteiger partial charge in [0.15, 0.2) is 0 Å². The van der Waals surface area contributed by atoms with Crippen LogP contribution in [0.1, 0.15) is 19.4 Å². The van der Waals surface area contributed by atoms with Crippen molar-refractivity contribution in [3.8, 4) is 0 Å². The molecule has 0 aliphatic carbocycles. The summed E-state index contributed by atoms with van der Waals surface area (Å²) in [7, 11) is 0. The second-order valence-electron chi connectivity index (χ2n) is 5.55. The number of amides is 1. The summed E-state index contributed by atoms with van der Waals surface area (Å²) in [5.41, 5.74) is 1.22. The zero-order valence-corrected chi connectivity index (χ0v) is 14.2. The summed E-state index contributed by atoms with van der Waals surface area (Å²) in [6.07, 6.45) is 0.832. The lowest BCUT2D eigenvalue weighted by atomic mass is 10.0. The quantitative estimate of drug-likeness (QED) is 0.822. The Morgan fingerprint density at radius 3 is 2.76 bits per heavy atom. The van der Waals surface area contributed by atoms with Crippen LogP contribution in [0, 0.1) is 5.92 Å². The van der Waals surface area contributed by atoms with Crippen LogP contribution in [0.4, 0.5) is 0 Å². The molecule has 0 aromatic heterocycles. The van der Waals surface area contributed by atoms with Gasteiger partial charge in [-0.1, -0.05) is 35.0 Å². The van der Waals surface area contributed by atoms with E-state index in [-0.39, 0.29) is 23.9 Å². The van der Waals surface area contributed by atoms with E-state index in [0.717, 1.165) is 17.4 Å². The van der Waals surface area contributed by atoms with E-state index in [2.05, 4.69) is 38.7 Å². The van der Waals surface area contributed by atoms with Gasteiger partial charge in [-0.2, -0.15) is 0 Å². The van der Waals surface area contributed by atoms with Crippen molar-refractivity contribution in [2.75, 3.05) is 19.8 Å². The number of likely N-dealkylation sites (N-methyl/N-ethyl adjacent to an activating group) is 1. The Morgan fingerprint density at radius 2 is 2.10 bits per heavy atom. The lowest BCUT2D eigenvalue weighted by Crippen LogP contribution is -2.46. The first kappa shape index (κ1) is 16.5. The van der Waals surface area contributed by atoms with Gasteiger partial charge in [0.2, 0.25) is 5.91 Å². The number of hydrogen-bond donors (Lipinski definition) is 2. The molecule has 3 atom stereocenters. The molecule has 1 heterocycles. The van der Waals surface area contributed by atoms with E-state index in [1.165, 1.54) is 5.56 Å². The lowest BCUT2D eigenvalue weighted by molar-refractivity contribution is -0.126. The Morgan fingerprint density at radius 1 is 1.38 bits per heavy atom. The predicted molar refractivity (Wildman–Crippen MR) is 87.2 cm³/mol. The molecule has 0 radical (unpaired) electrons. The fourth-order valence-electron chi connectivity index (χ4n) is 2.65. The number of benzene rings is 1. The molecule has 0 bridgehead atoms. The molecule has 2 N–H and O–H groups in total. The van der Waals surface area contributed by atoms with E-state index in [1.54, 1.807) is 0 Å². The van der Waals surface area contributed by atoms with Crippen LogP contribution in [0.25, 0.3) is 0 Å². The van der Waals surface area contributed by atoms with Crippen LogP contribution < -0.4 is 10.6 Å². The highest BCUT2D eigenvalue weighted by molar-refractivity contribution is 9.10. The summed E-state index contributed by atoms with van der Waals surface area (Å²) in [4.78, 5) is 12.3. The molecule has 1 aromatic carbocycles. The molecule has 1 aliphatic rings. The number of ether oxygens (including phenoxy) is 1. The van der Waals surface area contributed by atoms with Crippen LogP contribution in [0.2, 0.25) is 0 Å². The number of nitrogens with one attached hydrogen (secondary N) is 2. The highest BCUT2D eigenvalue weighted by Crippen LogP contribution is 2.15. The number of carbonyl (C=O) groups is 1. The molecule has 1 saturated heterocycles. The first-order chi connectivity index (χ1) is 10.1. The van der Waals surface area contributed by atoms with Crippen molar-refractivity contribution in [2.24, 2.45) is 5.92 Å². The minimum absolute atomic E-state index is 0.0858. The molecule has 2 rings (SSSR count). The maximum absolute atomic E-state index is 12.3. The summed E-state index contributed by atoms with van der Waals surface area (Å²) in [5, 5.41) is 6.42. The van der Waals surface area contributed by atoms with Gasteiger partial charge < -0.3 is 15.4 Å². The average Bonchev–Trinajstić information content (AvgIpc) is 2.90. The van der Waals surface area contributed by atoms with E-state index in [9.17, 15) is 4.79 Å². The van der Waals surface area contributed by atoms with Crippen LogP contribution in [0.3, 0.4) is 0 Å². The third-order valence-electron chi connectivity index (χ3n) is 3.73. The highest BCUT2D eigenvalue weighted by atomic mass is 79.9. The van der Waals surface area contributed by atoms with Crippen molar-refractivity contribution in [1.29, 1.82) is 0 Å². The Labute approximate surface area is 134 Å². The monoisotopic (exact) mass is 354 g/mol. The molecule has 21 heavy (non-hydrogen) atoms. The van der Waals surface area contributed by atoms with Crippen LogP contribution in [0.15, 0.2) is 28.7 Å². The first-order valence-electron chi connectivity index (χ1n) is 7.46. The molecule has 1 fully saturated rings. The van der Waals surface area contributed by atoms with E-state index in [0.29, 0.717) is 13.2 Å². The lowest BCUT2D eigenvalue weighted by Gasteiger charge is -2.21. The topological polar surface area (TPSA) is 50.4 Å². The van der Waals surface area contributed by atoms with Gasteiger partial charge in [0, 0.05) is 16.6 Å². The van der Waals surface area contributed by atoms with Gasteiger partial charge in [0.1, 0.15) is 0 Å². The second-order valence-corrected chi connectivity index (χ2v) is 6.46. The molecule has 1 aliphatic heterocycles. The Balaban J connectivity index is 1.85. The number of carbonyl (C=O) groups excluding carboxylic acids is 1. The van der Waals surface area contributed by atoms with Crippen LogP contribution in [-0.2, 0) is 16.0 Å². The molecule has 3 unspecified atom stereocenters.